The Labute approximate surface area is 136 Å². The first-order valence-electron chi connectivity index (χ1n) is 7.46. The summed E-state index contributed by atoms with van der Waals surface area (Å²) in [6.07, 6.45) is -0.142. The summed E-state index contributed by atoms with van der Waals surface area (Å²) in [7, 11) is 1.32. The zero-order valence-electron chi connectivity index (χ0n) is 14.1. The van der Waals surface area contributed by atoms with Crippen LogP contribution in [-0.4, -0.2) is 38.0 Å². The molecule has 0 aliphatic heterocycles. The Morgan fingerprint density at radius 1 is 1.00 bits per heavy atom. The summed E-state index contributed by atoms with van der Waals surface area (Å²) >= 11 is 0. The van der Waals surface area contributed by atoms with E-state index < -0.39 is 17.8 Å². The molecule has 0 saturated carbocycles. The summed E-state index contributed by atoms with van der Waals surface area (Å²) in [5.74, 6) is 0. The van der Waals surface area contributed by atoms with Crippen molar-refractivity contribution in [3.8, 4) is 0 Å². The van der Waals surface area contributed by atoms with Gasteiger partial charge in [0.1, 0.15) is 5.60 Å². The first-order valence-corrected chi connectivity index (χ1v) is 7.46. The monoisotopic (exact) mass is 323 g/mol. The van der Waals surface area contributed by atoms with E-state index in [0.29, 0.717) is 18.8 Å². The van der Waals surface area contributed by atoms with Gasteiger partial charge in [-0.2, -0.15) is 0 Å². The van der Waals surface area contributed by atoms with E-state index >= 15 is 0 Å². The van der Waals surface area contributed by atoms with E-state index in [1.165, 1.54) is 7.11 Å². The van der Waals surface area contributed by atoms with E-state index in [4.69, 9.17) is 4.74 Å². The molecule has 0 radical (unpaired) electrons. The van der Waals surface area contributed by atoms with Crippen LogP contribution in [0, 0.1) is 0 Å². The average molecular weight is 323 g/mol. The number of benzene rings is 1. The SMILES string of the molecule is COC(=O)Nc1ccc(NCCCNC(=O)OC(C)(C)C)cc1. The quantitative estimate of drug-likeness (QED) is 0.700. The third-order valence-electron chi connectivity index (χ3n) is 2.67. The lowest BCUT2D eigenvalue weighted by molar-refractivity contribution is 0.0527. The smallest absolute Gasteiger partial charge is 0.411 e. The standard InChI is InChI=1S/C16H25N3O4/c1-16(2,3)23-14(20)18-11-5-10-17-12-6-8-13(9-7-12)19-15(21)22-4/h6-9,17H,5,10-11H2,1-4H3,(H,18,20)(H,19,21). The average Bonchev–Trinajstić information content (AvgIpc) is 2.46. The van der Waals surface area contributed by atoms with Crippen LogP contribution in [0.3, 0.4) is 0 Å². The van der Waals surface area contributed by atoms with Crippen LogP contribution in [-0.2, 0) is 9.47 Å². The molecule has 0 atom stereocenters. The number of ether oxygens (including phenoxy) is 2. The molecule has 0 fully saturated rings. The van der Waals surface area contributed by atoms with Crippen molar-refractivity contribution in [1.82, 2.24) is 5.32 Å². The summed E-state index contributed by atoms with van der Waals surface area (Å²) in [6, 6.07) is 7.26. The maximum Gasteiger partial charge on any atom is 0.411 e. The zero-order chi connectivity index (χ0) is 17.3. The Hall–Kier alpha value is -2.44. The van der Waals surface area contributed by atoms with Gasteiger partial charge in [0, 0.05) is 24.5 Å². The number of hydrogen-bond donors (Lipinski definition) is 3. The largest absolute Gasteiger partial charge is 0.453 e. The molecule has 0 spiro atoms. The van der Waals surface area contributed by atoms with Crippen molar-refractivity contribution in [1.29, 1.82) is 0 Å². The third kappa shape index (κ3) is 8.55. The first-order chi connectivity index (χ1) is 10.8. The van der Waals surface area contributed by atoms with Crippen LogP contribution in [0.2, 0.25) is 0 Å². The molecule has 0 unspecified atom stereocenters. The zero-order valence-corrected chi connectivity index (χ0v) is 14.1. The number of carbonyl (C=O) groups is 2. The molecule has 1 aromatic rings. The van der Waals surface area contributed by atoms with Crippen molar-refractivity contribution in [2.75, 3.05) is 30.8 Å². The maximum atomic E-state index is 11.4. The molecule has 1 aromatic carbocycles. The highest BCUT2D eigenvalue weighted by Crippen LogP contribution is 2.13. The van der Waals surface area contributed by atoms with Crippen LogP contribution in [0.4, 0.5) is 21.0 Å². The van der Waals surface area contributed by atoms with Crippen LogP contribution in [0.15, 0.2) is 24.3 Å². The Balaban J connectivity index is 2.21. The number of anilines is 2. The molecule has 0 aromatic heterocycles. The summed E-state index contributed by atoms with van der Waals surface area (Å²) in [6.45, 7) is 6.72. The summed E-state index contributed by atoms with van der Waals surface area (Å²) in [5, 5.41) is 8.50. The van der Waals surface area contributed by atoms with Gasteiger partial charge >= 0.3 is 12.2 Å². The van der Waals surface area contributed by atoms with Crippen LogP contribution in [0.5, 0.6) is 0 Å². The molecule has 3 N–H and O–H groups in total. The van der Waals surface area contributed by atoms with Crippen molar-refractivity contribution in [2.24, 2.45) is 0 Å². The number of hydrogen-bond acceptors (Lipinski definition) is 5. The maximum absolute atomic E-state index is 11.4. The minimum Gasteiger partial charge on any atom is -0.453 e. The second kappa shape index (κ2) is 8.87. The number of amides is 2. The summed E-state index contributed by atoms with van der Waals surface area (Å²) < 4.78 is 9.66. The molecule has 0 aliphatic rings. The third-order valence-corrected chi connectivity index (χ3v) is 2.67. The lowest BCUT2D eigenvalue weighted by Crippen LogP contribution is -2.33. The predicted octanol–water partition coefficient (Wildman–Crippen LogP) is 3.19. The van der Waals surface area contributed by atoms with Gasteiger partial charge < -0.3 is 20.1 Å². The molecular formula is C16H25N3O4. The summed E-state index contributed by atoms with van der Waals surface area (Å²) in [5.41, 5.74) is 1.11. The highest BCUT2D eigenvalue weighted by molar-refractivity contribution is 5.84. The van der Waals surface area contributed by atoms with Gasteiger partial charge in [0.05, 0.1) is 7.11 Å². The second-order valence-corrected chi connectivity index (χ2v) is 5.90. The van der Waals surface area contributed by atoms with Crippen LogP contribution < -0.4 is 16.0 Å². The Morgan fingerprint density at radius 2 is 1.61 bits per heavy atom. The Bertz CT molecular complexity index is 509. The molecule has 128 valence electrons. The molecule has 7 heteroatoms. The fourth-order valence-corrected chi connectivity index (χ4v) is 1.67. The minimum absolute atomic E-state index is 0.407. The van der Waals surface area contributed by atoms with Gasteiger partial charge in [0.2, 0.25) is 0 Å². The van der Waals surface area contributed by atoms with Gasteiger partial charge in [-0.3, -0.25) is 5.32 Å². The Kier molecular flexibility index (Phi) is 7.18. The van der Waals surface area contributed by atoms with E-state index in [2.05, 4.69) is 20.7 Å². The van der Waals surface area contributed by atoms with E-state index in [0.717, 1.165) is 12.1 Å². The van der Waals surface area contributed by atoms with Crippen molar-refractivity contribution in [3.05, 3.63) is 24.3 Å². The van der Waals surface area contributed by atoms with Crippen LogP contribution >= 0.6 is 0 Å². The van der Waals surface area contributed by atoms with Crippen molar-refractivity contribution in [2.45, 2.75) is 32.8 Å². The first kappa shape index (κ1) is 18.6. The van der Waals surface area contributed by atoms with Crippen molar-refractivity contribution >= 4 is 23.6 Å². The topological polar surface area (TPSA) is 88.7 Å². The molecule has 1 rings (SSSR count). The van der Waals surface area contributed by atoms with Gasteiger partial charge in [-0.15, -0.1) is 0 Å². The molecule has 0 heterocycles. The lowest BCUT2D eigenvalue weighted by Gasteiger charge is -2.19. The highest BCUT2D eigenvalue weighted by Gasteiger charge is 2.15. The van der Waals surface area contributed by atoms with Crippen LogP contribution in [0.25, 0.3) is 0 Å². The van der Waals surface area contributed by atoms with Crippen molar-refractivity contribution < 1.29 is 19.1 Å². The molecule has 0 saturated heterocycles. The highest BCUT2D eigenvalue weighted by atomic mass is 16.6. The second-order valence-electron chi connectivity index (χ2n) is 5.90. The van der Waals surface area contributed by atoms with E-state index in [1.54, 1.807) is 12.1 Å². The fourth-order valence-electron chi connectivity index (χ4n) is 1.67. The Morgan fingerprint density at radius 3 is 2.17 bits per heavy atom. The molecule has 0 aliphatic carbocycles. The molecule has 7 nitrogen and oxygen atoms in total. The van der Waals surface area contributed by atoms with Gasteiger partial charge in [-0.1, -0.05) is 0 Å². The van der Waals surface area contributed by atoms with E-state index in [1.807, 2.05) is 32.9 Å². The lowest BCUT2D eigenvalue weighted by atomic mass is 10.2. The molecule has 0 bridgehead atoms. The van der Waals surface area contributed by atoms with Crippen LogP contribution in [0.1, 0.15) is 27.2 Å². The van der Waals surface area contributed by atoms with Gasteiger partial charge in [-0.25, -0.2) is 9.59 Å². The summed E-state index contributed by atoms with van der Waals surface area (Å²) in [4.78, 5) is 22.5. The van der Waals surface area contributed by atoms with E-state index in [-0.39, 0.29) is 0 Å². The van der Waals surface area contributed by atoms with Gasteiger partial charge in [-0.05, 0) is 51.5 Å². The van der Waals surface area contributed by atoms with Crippen molar-refractivity contribution in [3.63, 3.8) is 0 Å². The minimum atomic E-state index is -0.501. The normalized spacial score (nSPS) is 10.6. The van der Waals surface area contributed by atoms with E-state index in [9.17, 15) is 9.59 Å². The van der Waals surface area contributed by atoms with Gasteiger partial charge in [0.25, 0.3) is 0 Å². The van der Waals surface area contributed by atoms with Gasteiger partial charge in [0.15, 0.2) is 0 Å². The fraction of sp³-hybridized carbons (Fsp3) is 0.500. The number of methoxy groups -OCH3 is 1. The number of nitrogens with one attached hydrogen (secondary N) is 3. The molecular weight excluding hydrogens is 298 g/mol. The number of carbonyl (C=O) groups excluding carboxylic acids is 2. The molecule has 2 amide bonds. The molecule has 23 heavy (non-hydrogen) atoms. The number of alkyl carbamates (subject to hydrolysis) is 1. The predicted molar refractivity (Wildman–Crippen MR) is 89.8 cm³/mol. The number of rotatable bonds is 6.